The number of nitrogens with zero attached hydrogens (tertiary/aromatic N) is 1. The molecule has 1 saturated heterocycles. The van der Waals surface area contributed by atoms with Crippen molar-refractivity contribution in [2.75, 3.05) is 19.6 Å². The molecule has 1 aromatic rings. The third-order valence-corrected chi connectivity index (χ3v) is 3.77. The van der Waals surface area contributed by atoms with Crippen molar-refractivity contribution < 1.29 is 27.6 Å². The standard InChI is InChI=1S/C15H17F3N4O3/c16-15(17,18)14(25)21-20-13(24)11-3-1-10(2-4-11)7-12-8-19-5-6-22(12)9-23/h1-4,9,12,19H,5-8H2,(H,20,24)(H,21,25). The van der Waals surface area contributed by atoms with Gasteiger partial charge in [0.05, 0.1) is 0 Å². The summed E-state index contributed by atoms with van der Waals surface area (Å²) in [6.07, 6.45) is -3.69. The van der Waals surface area contributed by atoms with Crippen molar-refractivity contribution in [1.29, 1.82) is 0 Å². The van der Waals surface area contributed by atoms with Crippen LogP contribution in [-0.2, 0) is 16.0 Å². The lowest BCUT2D eigenvalue weighted by Gasteiger charge is -2.33. The van der Waals surface area contributed by atoms with Crippen molar-refractivity contribution in [2.24, 2.45) is 0 Å². The van der Waals surface area contributed by atoms with Crippen molar-refractivity contribution in [3.05, 3.63) is 35.4 Å². The van der Waals surface area contributed by atoms with Gasteiger partial charge >= 0.3 is 12.1 Å². The van der Waals surface area contributed by atoms with Crippen LogP contribution in [0.2, 0.25) is 0 Å². The van der Waals surface area contributed by atoms with Gasteiger partial charge in [-0.1, -0.05) is 12.1 Å². The highest BCUT2D eigenvalue weighted by Gasteiger charge is 2.39. The number of piperazine rings is 1. The number of nitrogens with one attached hydrogen (secondary N) is 3. The fraction of sp³-hybridized carbons (Fsp3) is 0.400. The molecule has 136 valence electrons. The maximum absolute atomic E-state index is 12.0. The van der Waals surface area contributed by atoms with Crippen molar-refractivity contribution in [1.82, 2.24) is 21.1 Å². The number of benzene rings is 1. The maximum Gasteiger partial charge on any atom is 0.472 e. The molecular formula is C15H17F3N4O3. The summed E-state index contributed by atoms with van der Waals surface area (Å²) in [7, 11) is 0. The molecule has 1 fully saturated rings. The van der Waals surface area contributed by atoms with Crippen LogP contribution in [-0.4, -0.2) is 55.0 Å². The molecule has 10 heteroatoms. The van der Waals surface area contributed by atoms with Gasteiger partial charge in [-0.3, -0.25) is 25.2 Å². The molecule has 25 heavy (non-hydrogen) atoms. The van der Waals surface area contributed by atoms with Crippen LogP contribution in [0.25, 0.3) is 0 Å². The average Bonchev–Trinajstić information content (AvgIpc) is 2.59. The topological polar surface area (TPSA) is 90.5 Å². The smallest absolute Gasteiger partial charge is 0.339 e. The van der Waals surface area contributed by atoms with Crippen molar-refractivity contribution in [3.63, 3.8) is 0 Å². The molecule has 7 nitrogen and oxygen atoms in total. The van der Waals surface area contributed by atoms with Gasteiger partial charge in [0.25, 0.3) is 5.91 Å². The molecule has 1 aliphatic rings. The molecule has 1 aliphatic heterocycles. The highest BCUT2D eigenvalue weighted by molar-refractivity contribution is 5.95. The highest BCUT2D eigenvalue weighted by atomic mass is 19.4. The Morgan fingerprint density at radius 1 is 1.24 bits per heavy atom. The van der Waals surface area contributed by atoms with E-state index < -0.39 is 18.0 Å². The van der Waals surface area contributed by atoms with Crippen LogP contribution < -0.4 is 16.2 Å². The molecule has 0 radical (unpaired) electrons. The highest BCUT2D eigenvalue weighted by Crippen LogP contribution is 2.14. The van der Waals surface area contributed by atoms with Gasteiger partial charge in [-0.2, -0.15) is 13.2 Å². The number of halogens is 3. The summed E-state index contributed by atoms with van der Waals surface area (Å²) < 4.78 is 36.1. The van der Waals surface area contributed by atoms with Crippen LogP contribution in [0.4, 0.5) is 13.2 Å². The van der Waals surface area contributed by atoms with E-state index >= 15 is 0 Å². The van der Waals surface area contributed by atoms with Crippen LogP contribution >= 0.6 is 0 Å². The second-order valence-electron chi connectivity index (χ2n) is 5.51. The molecule has 1 heterocycles. The quantitative estimate of drug-likeness (QED) is 0.521. The molecule has 1 atom stereocenters. The summed E-state index contributed by atoms with van der Waals surface area (Å²) in [5.41, 5.74) is 3.97. The molecule has 0 spiro atoms. The van der Waals surface area contributed by atoms with Gasteiger partial charge in [0.1, 0.15) is 0 Å². The van der Waals surface area contributed by atoms with Gasteiger partial charge < -0.3 is 10.2 Å². The minimum atomic E-state index is -5.07. The predicted octanol–water partition coefficient (Wildman–Crippen LogP) is -0.0174. The van der Waals surface area contributed by atoms with Gasteiger partial charge in [0, 0.05) is 31.2 Å². The van der Waals surface area contributed by atoms with Gasteiger partial charge in [-0.05, 0) is 24.1 Å². The van der Waals surface area contributed by atoms with Crippen molar-refractivity contribution in [3.8, 4) is 0 Å². The molecule has 3 amide bonds. The number of rotatable bonds is 4. The van der Waals surface area contributed by atoms with E-state index in [2.05, 4.69) is 5.32 Å². The first-order valence-corrected chi connectivity index (χ1v) is 7.49. The summed E-state index contributed by atoms with van der Waals surface area (Å²) in [6.45, 7) is 2.01. The lowest BCUT2D eigenvalue weighted by Crippen LogP contribution is -2.51. The van der Waals surface area contributed by atoms with Crippen molar-refractivity contribution in [2.45, 2.75) is 18.6 Å². The van der Waals surface area contributed by atoms with E-state index in [4.69, 9.17) is 0 Å². The van der Waals surface area contributed by atoms with Crippen LogP contribution in [0.3, 0.4) is 0 Å². The fourth-order valence-corrected chi connectivity index (χ4v) is 2.43. The number of hydrazine groups is 1. The minimum Gasteiger partial charge on any atom is -0.339 e. The van der Waals surface area contributed by atoms with E-state index in [0.717, 1.165) is 18.5 Å². The summed E-state index contributed by atoms with van der Waals surface area (Å²) in [5, 5.41) is 3.19. The zero-order chi connectivity index (χ0) is 18.4. The van der Waals surface area contributed by atoms with Crippen LogP contribution in [0, 0.1) is 0 Å². The average molecular weight is 358 g/mol. The third kappa shape index (κ3) is 5.18. The number of alkyl halides is 3. The van der Waals surface area contributed by atoms with Gasteiger partial charge in [0.15, 0.2) is 0 Å². The lowest BCUT2D eigenvalue weighted by atomic mass is 10.0. The van der Waals surface area contributed by atoms with E-state index in [1.165, 1.54) is 17.6 Å². The molecule has 0 saturated carbocycles. The molecule has 0 aromatic heterocycles. The molecule has 0 bridgehead atoms. The van der Waals surface area contributed by atoms with Gasteiger partial charge in [0.2, 0.25) is 6.41 Å². The Balaban J connectivity index is 1.91. The number of amides is 3. The van der Waals surface area contributed by atoms with Gasteiger partial charge in [-0.25, -0.2) is 0 Å². The summed E-state index contributed by atoms with van der Waals surface area (Å²) in [6, 6.07) is 6.17. The van der Waals surface area contributed by atoms with Gasteiger partial charge in [-0.15, -0.1) is 0 Å². The second-order valence-corrected chi connectivity index (χ2v) is 5.51. The molecule has 2 rings (SSSR count). The normalized spacial score (nSPS) is 17.7. The first kappa shape index (κ1) is 18.7. The van der Waals surface area contributed by atoms with Crippen LogP contribution in [0.5, 0.6) is 0 Å². The molecular weight excluding hydrogens is 341 g/mol. The summed E-state index contributed by atoms with van der Waals surface area (Å²) in [4.78, 5) is 35.1. The Morgan fingerprint density at radius 2 is 1.92 bits per heavy atom. The molecule has 3 N–H and O–H groups in total. The maximum atomic E-state index is 12.0. The number of carbonyl (C=O) groups excluding carboxylic acids is 3. The predicted molar refractivity (Wildman–Crippen MR) is 81.2 cm³/mol. The fourth-order valence-electron chi connectivity index (χ4n) is 2.43. The SMILES string of the molecule is O=CN1CCNCC1Cc1ccc(C(=O)NNC(=O)C(F)(F)F)cc1. The molecule has 0 aliphatic carbocycles. The Labute approximate surface area is 141 Å². The molecule has 1 unspecified atom stereocenters. The number of hydrogen-bond acceptors (Lipinski definition) is 4. The Bertz CT molecular complexity index is 634. The van der Waals surface area contributed by atoms with Crippen LogP contribution in [0.1, 0.15) is 15.9 Å². The molecule has 1 aromatic carbocycles. The Morgan fingerprint density at radius 3 is 2.52 bits per heavy atom. The largest absolute Gasteiger partial charge is 0.472 e. The third-order valence-electron chi connectivity index (χ3n) is 3.77. The first-order valence-electron chi connectivity index (χ1n) is 7.49. The van der Waals surface area contributed by atoms with E-state index in [0.29, 0.717) is 19.5 Å². The van der Waals surface area contributed by atoms with Crippen molar-refractivity contribution >= 4 is 18.2 Å². The zero-order valence-electron chi connectivity index (χ0n) is 13.1. The van der Waals surface area contributed by atoms with Crippen LogP contribution in [0.15, 0.2) is 24.3 Å². The summed E-state index contributed by atoms with van der Waals surface area (Å²) in [5.74, 6) is -3.12. The van der Waals surface area contributed by atoms with E-state index in [9.17, 15) is 27.6 Å². The first-order chi connectivity index (χ1) is 11.8. The minimum absolute atomic E-state index is 0.00278. The zero-order valence-corrected chi connectivity index (χ0v) is 13.1. The Kier molecular flexibility index (Phi) is 5.97. The number of carbonyl (C=O) groups is 3. The van der Waals surface area contributed by atoms with E-state index in [-0.39, 0.29) is 11.6 Å². The second kappa shape index (κ2) is 7.97. The van der Waals surface area contributed by atoms with E-state index in [1.54, 1.807) is 22.5 Å². The number of hydrogen-bond donors (Lipinski definition) is 3. The monoisotopic (exact) mass is 358 g/mol. The Hall–Kier alpha value is -2.62. The summed E-state index contributed by atoms with van der Waals surface area (Å²) >= 11 is 0. The van der Waals surface area contributed by atoms with E-state index in [1.807, 2.05) is 0 Å². The lowest BCUT2D eigenvalue weighted by molar-refractivity contribution is -0.174.